The summed E-state index contributed by atoms with van der Waals surface area (Å²) in [5.41, 5.74) is 0. The molecule has 8 heteroatoms. The van der Waals surface area contributed by atoms with Crippen LogP contribution in [0.15, 0.2) is 0 Å². The van der Waals surface area contributed by atoms with E-state index in [0.29, 0.717) is 12.8 Å². The van der Waals surface area contributed by atoms with Crippen molar-refractivity contribution in [1.29, 1.82) is 0 Å². The third-order valence-electron chi connectivity index (χ3n) is 3.30. The third kappa shape index (κ3) is 5.11. The molecule has 0 aromatic carbocycles. The van der Waals surface area contributed by atoms with Crippen LogP contribution in [0.2, 0.25) is 0 Å². The molecule has 0 radical (unpaired) electrons. The summed E-state index contributed by atoms with van der Waals surface area (Å²) in [6.07, 6.45) is -2.95. The van der Waals surface area contributed by atoms with Crippen LogP contribution in [0.5, 0.6) is 0 Å². The van der Waals surface area contributed by atoms with Gasteiger partial charge in [-0.15, -0.1) is 0 Å². The lowest BCUT2D eigenvalue weighted by Crippen LogP contribution is -2.39. The topological polar surface area (TPSA) is 58.2 Å². The number of nitrogens with one attached hydrogen (secondary N) is 2. The third-order valence-corrected chi connectivity index (χ3v) is 4.67. The first-order chi connectivity index (χ1) is 8.24. The van der Waals surface area contributed by atoms with E-state index in [1.165, 1.54) is 7.05 Å². The Bertz CT molecular complexity index is 349. The van der Waals surface area contributed by atoms with Gasteiger partial charge in [0.25, 0.3) is 0 Å². The van der Waals surface area contributed by atoms with E-state index in [2.05, 4.69) is 10.0 Å². The van der Waals surface area contributed by atoms with E-state index in [0.717, 1.165) is 0 Å². The summed E-state index contributed by atoms with van der Waals surface area (Å²) in [6.45, 7) is 0.268. The molecule has 0 heterocycles. The minimum atomic E-state index is -4.10. The first-order valence-electron chi connectivity index (χ1n) is 5.96. The Hall–Kier alpha value is -0.340. The van der Waals surface area contributed by atoms with Gasteiger partial charge in [-0.2, -0.15) is 13.2 Å². The van der Waals surface area contributed by atoms with Gasteiger partial charge in [-0.3, -0.25) is 0 Å². The van der Waals surface area contributed by atoms with Gasteiger partial charge in [-0.25, -0.2) is 13.1 Å². The lowest BCUT2D eigenvalue weighted by atomic mass is 9.85. The molecular formula is C10H19F3N2O2S. The average molecular weight is 288 g/mol. The average Bonchev–Trinajstić information content (AvgIpc) is 2.28. The number of sulfonamides is 1. The predicted octanol–water partition coefficient (Wildman–Crippen LogP) is 1.25. The van der Waals surface area contributed by atoms with Gasteiger partial charge in [-0.05, 0) is 32.7 Å². The Morgan fingerprint density at radius 2 is 1.72 bits per heavy atom. The maximum absolute atomic E-state index is 12.4. The van der Waals surface area contributed by atoms with Crippen molar-refractivity contribution in [3.63, 3.8) is 0 Å². The molecule has 1 fully saturated rings. The SMILES string of the molecule is CNS(=O)(=O)CCNC1CCC(C(F)(F)F)CC1. The molecule has 0 amide bonds. The van der Waals surface area contributed by atoms with Crippen LogP contribution in [-0.2, 0) is 10.0 Å². The first kappa shape index (κ1) is 15.7. The van der Waals surface area contributed by atoms with Gasteiger partial charge in [0, 0.05) is 12.6 Å². The molecule has 0 unspecified atom stereocenters. The van der Waals surface area contributed by atoms with Crippen LogP contribution in [0, 0.1) is 5.92 Å². The minimum Gasteiger partial charge on any atom is -0.313 e. The molecule has 2 N–H and O–H groups in total. The van der Waals surface area contributed by atoms with Crippen molar-refractivity contribution in [2.24, 2.45) is 5.92 Å². The first-order valence-corrected chi connectivity index (χ1v) is 7.61. The van der Waals surface area contributed by atoms with Gasteiger partial charge in [0.05, 0.1) is 11.7 Å². The van der Waals surface area contributed by atoms with Gasteiger partial charge in [0.1, 0.15) is 0 Å². The van der Waals surface area contributed by atoms with E-state index in [4.69, 9.17) is 0 Å². The molecule has 0 bridgehead atoms. The molecule has 1 rings (SSSR count). The predicted molar refractivity (Wildman–Crippen MR) is 62.7 cm³/mol. The largest absolute Gasteiger partial charge is 0.391 e. The van der Waals surface area contributed by atoms with Crippen LogP contribution < -0.4 is 10.0 Å². The van der Waals surface area contributed by atoms with E-state index in [-0.39, 0.29) is 31.2 Å². The summed E-state index contributed by atoms with van der Waals surface area (Å²) in [5.74, 6) is -1.25. The van der Waals surface area contributed by atoms with Crippen LogP contribution in [0.4, 0.5) is 13.2 Å². The van der Waals surface area contributed by atoms with Gasteiger partial charge in [-0.1, -0.05) is 0 Å². The van der Waals surface area contributed by atoms with Crippen molar-refractivity contribution in [1.82, 2.24) is 10.0 Å². The van der Waals surface area contributed by atoms with Crippen LogP contribution >= 0.6 is 0 Å². The van der Waals surface area contributed by atoms with Crippen LogP contribution in [0.25, 0.3) is 0 Å². The molecule has 1 saturated carbocycles. The van der Waals surface area contributed by atoms with E-state index in [1.807, 2.05) is 0 Å². The lowest BCUT2D eigenvalue weighted by Gasteiger charge is -2.30. The van der Waals surface area contributed by atoms with Crippen molar-refractivity contribution in [3.8, 4) is 0 Å². The summed E-state index contributed by atoms with van der Waals surface area (Å²) in [7, 11) is -1.91. The zero-order valence-corrected chi connectivity index (χ0v) is 11.1. The lowest BCUT2D eigenvalue weighted by molar-refractivity contribution is -0.182. The number of halogens is 3. The quantitative estimate of drug-likeness (QED) is 0.800. The molecule has 1 aliphatic carbocycles. The molecule has 18 heavy (non-hydrogen) atoms. The summed E-state index contributed by atoms with van der Waals surface area (Å²) >= 11 is 0. The molecule has 0 aromatic heterocycles. The Morgan fingerprint density at radius 3 is 2.17 bits per heavy atom. The van der Waals surface area contributed by atoms with Crippen molar-refractivity contribution in [3.05, 3.63) is 0 Å². The molecule has 0 aromatic rings. The highest BCUT2D eigenvalue weighted by atomic mass is 32.2. The zero-order valence-electron chi connectivity index (χ0n) is 10.3. The molecule has 108 valence electrons. The highest BCUT2D eigenvalue weighted by Crippen LogP contribution is 2.37. The second kappa shape index (κ2) is 6.21. The Kier molecular flexibility index (Phi) is 5.42. The number of hydrogen-bond acceptors (Lipinski definition) is 3. The monoisotopic (exact) mass is 288 g/mol. The smallest absolute Gasteiger partial charge is 0.313 e. The van der Waals surface area contributed by atoms with Crippen molar-refractivity contribution in [2.45, 2.75) is 37.9 Å². The molecule has 0 saturated heterocycles. The van der Waals surface area contributed by atoms with E-state index < -0.39 is 22.1 Å². The summed E-state index contributed by atoms with van der Waals surface area (Å²) in [4.78, 5) is 0. The molecular weight excluding hydrogens is 269 g/mol. The van der Waals surface area contributed by atoms with E-state index in [9.17, 15) is 21.6 Å². The van der Waals surface area contributed by atoms with Crippen LogP contribution in [-0.4, -0.2) is 40.0 Å². The van der Waals surface area contributed by atoms with Gasteiger partial charge in [0.15, 0.2) is 0 Å². The van der Waals surface area contributed by atoms with Gasteiger partial charge >= 0.3 is 6.18 Å². The van der Waals surface area contributed by atoms with Crippen molar-refractivity contribution in [2.75, 3.05) is 19.3 Å². The maximum Gasteiger partial charge on any atom is 0.391 e. The Balaban J connectivity index is 2.25. The Labute approximate surface area is 105 Å². The summed E-state index contributed by atoms with van der Waals surface area (Å²) < 4.78 is 61.7. The molecule has 4 nitrogen and oxygen atoms in total. The molecule has 0 aliphatic heterocycles. The molecule has 1 aliphatic rings. The van der Waals surface area contributed by atoms with Crippen molar-refractivity contribution >= 4 is 10.0 Å². The standard InChI is InChI=1S/C10H19F3N2O2S/c1-14-18(16,17)7-6-15-9-4-2-8(3-5-9)10(11,12)13/h8-9,14-15H,2-7H2,1H3. The highest BCUT2D eigenvalue weighted by Gasteiger charge is 2.41. The van der Waals surface area contributed by atoms with Gasteiger partial charge in [0.2, 0.25) is 10.0 Å². The second-order valence-electron chi connectivity index (χ2n) is 4.57. The highest BCUT2D eigenvalue weighted by molar-refractivity contribution is 7.89. The number of alkyl halides is 3. The minimum absolute atomic E-state index is 0.00402. The van der Waals surface area contributed by atoms with Crippen LogP contribution in [0.3, 0.4) is 0 Å². The number of hydrogen-bond donors (Lipinski definition) is 2. The second-order valence-corrected chi connectivity index (χ2v) is 6.61. The fraction of sp³-hybridized carbons (Fsp3) is 1.00. The molecule has 0 atom stereocenters. The maximum atomic E-state index is 12.4. The van der Waals surface area contributed by atoms with Crippen LogP contribution in [0.1, 0.15) is 25.7 Å². The van der Waals surface area contributed by atoms with Gasteiger partial charge < -0.3 is 5.32 Å². The fourth-order valence-corrected chi connectivity index (χ4v) is 2.72. The normalized spacial score (nSPS) is 26.2. The van der Waals surface area contributed by atoms with E-state index >= 15 is 0 Å². The Morgan fingerprint density at radius 1 is 1.17 bits per heavy atom. The summed E-state index contributed by atoms with van der Waals surface area (Å²) in [6, 6.07) is -0.00402. The summed E-state index contributed by atoms with van der Waals surface area (Å²) in [5, 5.41) is 3.00. The zero-order chi connectivity index (χ0) is 13.8. The van der Waals surface area contributed by atoms with Crippen molar-refractivity contribution < 1.29 is 21.6 Å². The fourth-order valence-electron chi connectivity index (χ4n) is 2.12. The number of rotatable bonds is 5. The van der Waals surface area contributed by atoms with E-state index in [1.54, 1.807) is 0 Å². The molecule has 0 spiro atoms.